The van der Waals surface area contributed by atoms with Gasteiger partial charge in [0.05, 0.1) is 12.0 Å². The predicted octanol–water partition coefficient (Wildman–Crippen LogP) is -0.985. The van der Waals surface area contributed by atoms with Crippen LogP contribution in [-0.4, -0.2) is 54.3 Å². The standard InChI is InChI=1S/C12H16N4O4/c1-12(19)8(18)7(4-17)20-11(12)16-3-2-6-9(13)14-5-15-10(6)16/h2-3,5,7-8,11,17-19H,4H2,1H3,(H2,13,14,15)/t7-,8+,11?,12?/m1/s1. The van der Waals surface area contributed by atoms with Gasteiger partial charge < -0.3 is 30.4 Å². The van der Waals surface area contributed by atoms with Crippen molar-refractivity contribution in [3.63, 3.8) is 0 Å². The first kappa shape index (κ1) is 13.3. The minimum absolute atomic E-state index is 0.325. The number of aliphatic hydroxyl groups excluding tert-OH is 2. The molecule has 20 heavy (non-hydrogen) atoms. The second kappa shape index (κ2) is 4.38. The van der Waals surface area contributed by atoms with E-state index in [0.717, 1.165) is 0 Å². The van der Waals surface area contributed by atoms with E-state index in [-0.39, 0.29) is 6.61 Å². The van der Waals surface area contributed by atoms with Gasteiger partial charge in [0.25, 0.3) is 0 Å². The lowest BCUT2D eigenvalue weighted by molar-refractivity contribution is -0.0948. The largest absolute Gasteiger partial charge is 0.394 e. The van der Waals surface area contributed by atoms with Crippen molar-refractivity contribution in [3.8, 4) is 0 Å². The molecule has 1 fully saturated rings. The smallest absolute Gasteiger partial charge is 0.167 e. The highest BCUT2D eigenvalue weighted by Gasteiger charge is 2.53. The van der Waals surface area contributed by atoms with E-state index in [1.807, 2.05) is 0 Å². The monoisotopic (exact) mass is 280 g/mol. The van der Waals surface area contributed by atoms with Crippen molar-refractivity contribution in [2.24, 2.45) is 0 Å². The summed E-state index contributed by atoms with van der Waals surface area (Å²) in [6.07, 6.45) is 0.0428. The molecule has 1 saturated heterocycles. The maximum atomic E-state index is 10.4. The van der Waals surface area contributed by atoms with Crippen LogP contribution in [0.2, 0.25) is 0 Å². The fourth-order valence-corrected chi connectivity index (χ4v) is 2.57. The SMILES string of the molecule is CC1(O)C(n2ccc3c(N)ncnc32)O[C@H](CO)[C@@H]1O. The fourth-order valence-electron chi connectivity index (χ4n) is 2.57. The van der Waals surface area contributed by atoms with E-state index in [2.05, 4.69) is 9.97 Å². The van der Waals surface area contributed by atoms with Gasteiger partial charge in [-0.05, 0) is 13.0 Å². The number of aromatic nitrogens is 3. The quantitative estimate of drug-likeness (QED) is 0.556. The third-order valence-electron chi connectivity index (χ3n) is 3.73. The zero-order valence-corrected chi connectivity index (χ0v) is 10.8. The molecule has 0 aromatic carbocycles. The molecule has 0 bridgehead atoms. The van der Waals surface area contributed by atoms with Crippen LogP contribution in [0.5, 0.6) is 0 Å². The predicted molar refractivity (Wildman–Crippen MR) is 69.6 cm³/mol. The molecule has 3 heterocycles. The normalized spacial score (nSPS) is 33.9. The Morgan fingerprint density at radius 3 is 2.90 bits per heavy atom. The second-order valence-electron chi connectivity index (χ2n) is 5.10. The highest BCUT2D eigenvalue weighted by atomic mass is 16.6. The molecule has 2 aromatic heterocycles. The van der Waals surface area contributed by atoms with Crippen LogP contribution in [0, 0.1) is 0 Å². The number of nitrogens with two attached hydrogens (primary N) is 1. The van der Waals surface area contributed by atoms with Gasteiger partial charge in [-0.3, -0.25) is 0 Å². The van der Waals surface area contributed by atoms with Crippen molar-refractivity contribution >= 4 is 16.9 Å². The Balaban J connectivity index is 2.10. The van der Waals surface area contributed by atoms with Gasteiger partial charge in [0.1, 0.15) is 35.6 Å². The van der Waals surface area contributed by atoms with E-state index >= 15 is 0 Å². The van der Waals surface area contributed by atoms with E-state index in [1.165, 1.54) is 13.3 Å². The molecule has 2 unspecified atom stereocenters. The van der Waals surface area contributed by atoms with Gasteiger partial charge in [0.15, 0.2) is 6.23 Å². The van der Waals surface area contributed by atoms with Crippen molar-refractivity contribution in [1.82, 2.24) is 14.5 Å². The topological polar surface area (TPSA) is 127 Å². The summed E-state index contributed by atoms with van der Waals surface area (Å²) in [4.78, 5) is 8.01. The summed E-state index contributed by atoms with van der Waals surface area (Å²) in [7, 11) is 0. The van der Waals surface area contributed by atoms with Crippen molar-refractivity contribution in [1.29, 1.82) is 0 Å². The molecule has 0 saturated carbocycles. The van der Waals surface area contributed by atoms with E-state index in [1.54, 1.807) is 16.8 Å². The van der Waals surface area contributed by atoms with Crippen LogP contribution in [0.1, 0.15) is 13.2 Å². The summed E-state index contributed by atoms with van der Waals surface area (Å²) in [5, 5.41) is 30.3. The van der Waals surface area contributed by atoms with Crippen LogP contribution in [0.25, 0.3) is 11.0 Å². The number of rotatable bonds is 2. The molecule has 1 aliphatic heterocycles. The second-order valence-corrected chi connectivity index (χ2v) is 5.10. The number of nitrogen functional groups attached to an aromatic ring is 1. The van der Waals surface area contributed by atoms with Gasteiger partial charge in [-0.1, -0.05) is 0 Å². The molecule has 8 heteroatoms. The molecule has 0 spiro atoms. The number of hydrogen-bond acceptors (Lipinski definition) is 7. The van der Waals surface area contributed by atoms with Crippen LogP contribution in [-0.2, 0) is 4.74 Å². The van der Waals surface area contributed by atoms with Crippen molar-refractivity contribution < 1.29 is 20.1 Å². The summed E-state index contributed by atoms with van der Waals surface area (Å²) < 4.78 is 7.12. The number of nitrogens with zero attached hydrogens (tertiary/aromatic N) is 3. The van der Waals surface area contributed by atoms with Crippen LogP contribution >= 0.6 is 0 Å². The summed E-state index contributed by atoms with van der Waals surface area (Å²) in [6.45, 7) is 1.07. The lowest BCUT2D eigenvalue weighted by Gasteiger charge is -2.27. The molecule has 3 rings (SSSR count). The van der Waals surface area contributed by atoms with Crippen LogP contribution in [0.4, 0.5) is 5.82 Å². The van der Waals surface area contributed by atoms with Crippen LogP contribution < -0.4 is 5.73 Å². The van der Waals surface area contributed by atoms with Gasteiger partial charge >= 0.3 is 0 Å². The van der Waals surface area contributed by atoms with Crippen molar-refractivity contribution in [2.75, 3.05) is 12.3 Å². The molecule has 8 nitrogen and oxygen atoms in total. The first-order valence-electron chi connectivity index (χ1n) is 6.20. The van der Waals surface area contributed by atoms with Gasteiger partial charge in [-0.2, -0.15) is 0 Å². The van der Waals surface area contributed by atoms with Crippen LogP contribution in [0.3, 0.4) is 0 Å². The number of anilines is 1. The van der Waals surface area contributed by atoms with E-state index in [4.69, 9.17) is 10.5 Å². The van der Waals surface area contributed by atoms with E-state index < -0.39 is 24.0 Å². The third kappa shape index (κ3) is 1.70. The van der Waals surface area contributed by atoms with E-state index in [9.17, 15) is 15.3 Å². The van der Waals surface area contributed by atoms with Crippen molar-refractivity contribution in [3.05, 3.63) is 18.6 Å². The summed E-state index contributed by atoms with van der Waals surface area (Å²) in [5.41, 5.74) is 4.70. The molecule has 5 N–H and O–H groups in total. The van der Waals surface area contributed by atoms with Gasteiger partial charge in [-0.25, -0.2) is 9.97 Å². The lowest BCUT2D eigenvalue weighted by Crippen LogP contribution is -2.44. The van der Waals surface area contributed by atoms with Crippen LogP contribution in [0.15, 0.2) is 18.6 Å². The third-order valence-corrected chi connectivity index (χ3v) is 3.73. The molecule has 0 amide bonds. The minimum Gasteiger partial charge on any atom is -0.394 e. The average Bonchev–Trinajstić information content (AvgIpc) is 2.92. The minimum atomic E-state index is -1.56. The number of fused-ring (bicyclic) bond motifs is 1. The number of ether oxygens (including phenoxy) is 1. The molecule has 2 aromatic rings. The lowest BCUT2D eigenvalue weighted by atomic mass is 9.96. The molecular weight excluding hydrogens is 264 g/mol. The van der Waals surface area contributed by atoms with Gasteiger partial charge in [0, 0.05) is 6.20 Å². The summed E-state index contributed by atoms with van der Waals surface area (Å²) in [5.74, 6) is 0.325. The Labute approximate surface area is 114 Å². The molecular formula is C12H16N4O4. The van der Waals surface area contributed by atoms with Crippen molar-refractivity contribution in [2.45, 2.75) is 31.0 Å². The highest BCUT2D eigenvalue weighted by molar-refractivity contribution is 5.86. The first-order valence-corrected chi connectivity index (χ1v) is 6.20. The number of hydrogen-bond donors (Lipinski definition) is 4. The molecule has 0 radical (unpaired) electrons. The zero-order chi connectivity index (χ0) is 14.5. The first-order chi connectivity index (χ1) is 9.46. The number of aliphatic hydroxyl groups is 3. The molecule has 4 atom stereocenters. The zero-order valence-electron chi connectivity index (χ0n) is 10.8. The maximum absolute atomic E-state index is 10.4. The highest BCUT2D eigenvalue weighted by Crippen LogP contribution is 2.39. The molecule has 108 valence electrons. The molecule has 0 aliphatic carbocycles. The molecule has 1 aliphatic rings. The Hall–Kier alpha value is -1.74. The van der Waals surface area contributed by atoms with Gasteiger partial charge in [-0.15, -0.1) is 0 Å². The maximum Gasteiger partial charge on any atom is 0.167 e. The summed E-state index contributed by atoms with van der Waals surface area (Å²) >= 11 is 0. The Morgan fingerprint density at radius 2 is 2.25 bits per heavy atom. The Morgan fingerprint density at radius 1 is 1.50 bits per heavy atom. The fraction of sp³-hybridized carbons (Fsp3) is 0.500. The average molecular weight is 280 g/mol. The van der Waals surface area contributed by atoms with Gasteiger partial charge in [0.2, 0.25) is 0 Å². The Bertz CT molecular complexity index is 641. The summed E-state index contributed by atoms with van der Waals surface area (Å²) in [6, 6.07) is 1.71. The van der Waals surface area contributed by atoms with E-state index in [0.29, 0.717) is 16.9 Å². The Kier molecular flexibility index (Phi) is 2.91.